The Morgan fingerprint density at radius 1 is 1.22 bits per heavy atom. The van der Waals surface area contributed by atoms with E-state index in [-0.39, 0.29) is 0 Å². The number of halogens is 2. The first kappa shape index (κ1) is 9.86. The molecule has 0 aliphatic carbocycles. The van der Waals surface area contributed by atoms with E-state index >= 15 is 0 Å². The van der Waals surface area contributed by atoms with Gasteiger partial charge >= 0.3 is 7.12 Å². The van der Waals surface area contributed by atoms with Crippen LogP contribution in [0.5, 0.6) is 0 Å². The zero-order chi connectivity index (χ0) is 16.2. The number of rotatable bonds is 1. The van der Waals surface area contributed by atoms with Gasteiger partial charge in [0, 0.05) is 9.81 Å². The lowest BCUT2D eigenvalue weighted by atomic mass is 9.79. The van der Waals surface area contributed by atoms with Crippen LogP contribution in [0.1, 0.15) is 37.5 Å². The van der Waals surface area contributed by atoms with Crippen molar-refractivity contribution >= 4 is 12.6 Å². The van der Waals surface area contributed by atoms with Gasteiger partial charge in [-0.25, -0.2) is 9.37 Å². The quantitative estimate of drug-likeness (QED) is 0.570. The van der Waals surface area contributed by atoms with E-state index in [1.165, 1.54) is 0 Å². The predicted octanol–water partition coefficient (Wildman–Crippen LogP) is 1.97. The third-order valence-electron chi connectivity index (χ3n) is 3.45. The third kappa shape index (κ3) is 2.03. The van der Waals surface area contributed by atoms with Gasteiger partial charge in [-0.05, 0) is 40.6 Å². The van der Waals surface area contributed by atoms with Crippen LogP contribution in [-0.2, 0) is 9.31 Å². The summed E-state index contributed by atoms with van der Waals surface area (Å²) in [7, 11) is -1.27. The Hall–Kier alpha value is -1.01. The molecule has 1 fully saturated rings. The zero-order valence-electron chi connectivity index (χ0n) is 13.7. The molecule has 0 radical (unpaired) electrons. The Balaban J connectivity index is 2.44. The molecule has 1 aromatic heterocycles. The van der Waals surface area contributed by atoms with E-state index in [0.717, 1.165) is 0 Å². The second-order valence-electron chi connectivity index (χ2n) is 5.28. The number of aryl methyl sites for hydroxylation is 1. The number of hydrogen-bond acceptors (Lipinski definition) is 3. The summed E-state index contributed by atoms with van der Waals surface area (Å²) in [6, 6.07) is 0.691. The van der Waals surface area contributed by atoms with Crippen LogP contribution in [0, 0.1) is 18.6 Å². The molecule has 0 aromatic carbocycles. The molecule has 3 nitrogen and oxygen atoms in total. The van der Waals surface area contributed by atoms with Gasteiger partial charge in [0.15, 0.2) is 0 Å². The molecule has 6 heteroatoms. The van der Waals surface area contributed by atoms with Crippen LogP contribution in [0.25, 0.3) is 0 Å². The molecule has 2 heterocycles. The van der Waals surface area contributed by atoms with Crippen molar-refractivity contribution in [1.29, 1.82) is 0 Å². The zero-order valence-corrected chi connectivity index (χ0v) is 10.7. The van der Waals surface area contributed by atoms with Crippen molar-refractivity contribution in [3.8, 4) is 0 Å². The average Bonchev–Trinajstić information content (AvgIpc) is 2.45. The normalized spacial score (nSPS) is 24.6. The Morgan fingerprint density at radius 3 is 2.22 bits per heavy atom. The molecule has 0 amide bonds. The van der Waals surface area contributed by atoms with Crippen molar-refractivity contribution < 1.29 is 22.2 Å². The SMILES string of the molecule is [2H]C([2H])([2H])c1cc(F)c(B2OC(C)(C)C(C)(C)O2)c(F)n1. The molecule has 0 N–H and O–H groups in total. The molecular formula is C12H16BF2NO2. The summed E-state index contributed by atoms with van der Waals surface area (Å²) in [5.74, 6) is -2.29. The monoisotopic (exact) mass is 258 g/mol. The number of pyridine rings is 1. The second kappa shape index (κ2) is 4.00. The lowest BCUT2D eigenvalue weighted by Crippen LogP contribution is -2.41. The fourth-order valence-electron chi connectivity index (χ4n) is 1.67. The molecule has 1 aromatic rings. The first-order chi connectivity index (χ1) is 9.35. The second-order valence-corrected chi connectivity index (χ2v) is 5.28. The Kier molecular flexibility index (Phi) is 2.19. The van der Waals surface area contributed by atoms with E-state index in [9.17, 15) is 8.78 Å². The van der Waals surface area contributed by atoms with Crippen molar-refractivity contribution in [2.45, 2.75) is 45.7 Å². The number of nitrogens with zero attached hydrogens (tertiary/aromatic N) is 1. The van der Waals surface area contributed by atoms with Crippen molar-refractivity contribution in [2.75, 3.05) is 0 Å². The van der Waals surface area contributed by atoms with Crippen molar-refractivity contribution in [3.63, 3.8) is 0 Å². The van der Waals surface area contributed by atoms with E-state index in [0.29, 0.717) is 6.07 Å². The summed E-state index contributed by atoms with van der Waals surface area (Å²) in [5.41, 5.74) is -2.68. The minimum atomic E-state index is -2.68. The van der Waals surface area contributed by atoms with E-state index in [1.807, 2.05) is 0 Å². The van der Waals surface area contributed by atoms with Gasteiger partial charge in [0.25, 0.3) is 0 Å². The summed E-state index contributed by atoms with van der Waals surface area (Å²) in [4.78, 5) is 3.32. The van der Waals surface area contributed by atoms with E-state index in [1.54, 1.807) is 27.7 Å². The maximum Gasteiger partial charge on any atom is 0.502 e. The van der Waals surface area contributed by atoms with Gasteiger partial charge in [-0.3, -0.25) is 0 Å². The largest absolute Gasteiger partial charge is 0.502 e. The van der Waals surface area contributed by atoms with Crippen LogP contribution < -0.4 is 5.46 Å². The van der Waals surface area contributed by atoms with Crippen molar-refractivity contribution in [2.24, 2.45) is 0 Å². The van der Waals surface area contributed by atoms with Crippen molar-refractivity contribution in [3.05, 3.63) is 23.5 Å². The van der Waals surface area contributed by atoms with E-state index in [2.05, 4.69) is 4.98 Å². The molecular weight excluding hydrogens is 239 g/mol. The first-order valence-corrected chi connectivity index (χ1v) is 5.57. The van der Waals surface area contributed by atoms with E-state index < -0.39 is 48.1 Å². The minimum absolute atomic E-state index is 0.512. The van der Waals surface area contributed by atoms with Gasteiger partial charge in [0.2, 0.25) is 5.95 Å². The van der Waals surface area contributed by atoms with Gasteiger partial charge < -0.3 is 9.31 Å². The van der Waals surface area contributed by atoms with E-state index in [4.69, 9.17) is 13.4 Å². The Labute approximate surface area is 110 Å². The van der Waals surface area contributed by atoms with Crippen LogP contribution >= 0.6 is 0 Å². The maximum atomic E-state index is 14.1. The van der Waals surface area contributed by atoms with Crippen LogP contribution in [0.3, 0.4) is 0 Å². The predicted molar refractivity (Wildman–Crippen MR) is 64.6 cm³/mol. The summed E-state index contributed by atoms with van der Waals surface area (Å²) >= 11 is 0. The van der Waals surface area contributed by atoms with Gasteiger partial charge in [0.1, 0.15) is 5.82 Å². The lowest BCUT2D eigenvalue weighted by molar-refractivity contribution is 0.00578. The molecule has 98 valence electrons. The molecule has 0 atom stereocenters. The minimum Gasteiger partial charge on any atom is -0.399 e. The molecule has 0 saturated carbocycles. The lowest BCUT2D eigenvalue weighted by Gasteiger charge is -2.32. The standard InChI is InChI=1S/C12H16BF2NO2/c1-7-6-8(14)9(10(15)16-7)13-17-11(2,3)12(4,5)18-13/h6H,1-5H3/i1D3. The van der Waals surface area contributed by atoms with Gasteiger partial charge in [0.05, 0.1) is 16.7 Å². The molecule has 0 spiro atoms. The highest BCUT2D eigenvalue weighted by molar-refractivity contribution is 6.62. The topological polar surface area (TPSA) is 31.4 Å². The van der Waals surface area contributed by atoms with Crippen LogP contribution in [0.2, 0.25) is 0 Å². The summed E-state index contributed by atoms with van der Waals surface area (Å²) in [6.45, 7) is 4.29. The van der Waals surface area contributed by atoms with Gasteiger partial charge in [-0.2, -0.15) is 4.39 Å². The first-order valence-electron chi connectivity index (χ1n) is 7.07. The molecule has 18 heavy (non-hydrogen) atoms. The smallest absolute Gasteiger partial charge is 0.399 e. The van der Waals surface area contributed by atoms with Crippen LogP contribution in [0.4, 0.5) is 8.78 Å². The summed E-state index contributed by atoms with van der Waals surface area (Å²) in [6.07, 6.45) is 0. The molecule has 1 aliphatic rings. The summed E-state index contributed by atoms with van der Waals surface area (Å²) < 4.78 is 60.7. The fraction of sp³-hybridized carbons (Fsp3) is 0.583. The van der Waals surface area contributed by atoms with Crippen LogP contribution in [0.15, 0.2) is 6.07 Å². The molecule has 1 aliphatic heterocycles. The van der Waals surface area contributed by atoms with Crippen molar-refractivity contribution in [1.82, 2.24) is 4.98 Å². The summed E-state index contributed by atoms with van der Waals surface area (Å²) in [5, 5.41) is 0. The third-order valence-corrected chi connectivity index (χ3v) is 3.45. The highest BCUT2D eigenvalue weighted by atomic mass is 19.1. The van der Waals surface area contributed by atoms with Crippen LogP contribution in [-0.4, -0.2) is 23.3 Å². The number of hydrogen-bond donors (Lipinski definition) is 0. The Morgan fingerprint density at radius 2 is 1.78 bits per heavy atom. The molecule has 0 bridgehead atoms. The van der Waals surface area contributed by atoms with Gasteiger partial charge in [-0.15, -0.1) is 0 Å². The number of aromatic nitrogens is 1. The highest BCUT2D eigenvalue weighted by Crippen LogP contribution is 2.36. The Bertz CT molecular complexity index is 539. The average molecular weight is 258 g/mol. The highest BCUT2D eigenvalue weighted by Gasteiger charge is 2.53. The molecule has 1 saturated heterocycles. The molecule has 2 rings (SSSR count). The maximum absolute atomic E-state index is 14.1. The molecule has 0 unspecified atom stereocenters. The fourth-order valence-corrected chi connectivity index (χ4v) is 1.67. The van der Waals surface area contributed by atoms with Gasteiger partial charge in [-0.1, -0.05) is 0 Å².